The van der Waals surface area contributed by atoms with Gasteiger partial charge in [0, 0.05) is 42.1 Å². The Morgan fingerprint density at radius 1 is 1.09 bits per heavy atom. The molecular formula is C18H17N3O. The quantitative estimate of drug-likeness (QED) is 0.567. The predicted octanol–water partition coefficient (Wildman–Crippen LogP) is 3.45. The number of aryl methyl sites for hydroxylation is 2. The number of fused-ring (bicyclic) bond motifs is 5. The van der Waals surface area contributed by atoms with Gasteiger partial charge in [-0.15, -0.1) is 0 Å². The smallest absolute Gasteiger partial charge is 0.258 e. The van der Waals surface area contributed by atoms with Crippen LogP contribution in [0.3, 0.4) is 0 Å². The lowest BCUT2D eigenvalue weighted by atomic mass is 10.1. The average Bonchev–Trinajstić information content (AvgIpc) is 2.86. The van der Waals surface area contributed by atoms with Crippen molar-refractivity contribution in [3.05, 3.63) is 53.1 Å². The van der Waals surface area contributed by atoms with Gasteiger partial charge in [-0.25, -0.2) is 0 Å². The summed E-state index contributed by atoms with van der Waals surface area (Å²) < 4.78 is 3.92. The largest absolute Gasteiger partial charge is 0.339 e. The highest BCUT2D eigenvalue weighted by atomic mass is 16.1. The van der Waals surface area contributed by atoms with E-state index in [1.165, 1.54) is 0 Å². The van der Waals surface area contributed by atoms with E-state index >= 15 is 0 Å². The van der Waals surface area contributed by atoms with Gasteiger partial charge in [0.25, 0.3) is 5.56 Å². The molecule has 22 heavy (non-hydrogen) atoms. The van der Waals surface area contributed by atoms with Gasteiger partial charge in [0.2, 0.25) is 0 Å². The van der Waals surface area contributed by atoms with Gasteiger partial charge in [-0.1, -0.05) is 6.92 Å². The van der Waals surface area contributed by atoms with E-state index in [9.17, 15) is 4.79 Å². The molecule has 0 aliphatic carbocycles. The highest BCUT2D eigenvalue weighted by Crippen LogP contribution is 2.32. The minimum Gasteiger partial charge on any atom is -0.339 e. The molecule has 3 aromatic heterocycles. The van der Waals surface area contributed by atoms with E-state index in [1.807, 2.05) is 30.6 Å². The minimum absolute atomic E-state index is 0.0340. The number of hydrogen-bond donors (Lipinski definition) is 0. The first-order valence-corrected chi connectivity index (χ1v) is 7.57. The number of benzene rings is 1. The molecule has 3 heterocycles. The molecule has 0 radical (unpaired) electrons. The van der Waals surface area contributed by atoms with Crippen LogP contribution in [0.5, 0.6) is 0 Å². The second kappa shape index (κ2) is 4.70. The van der Waals surface area contributed by atoms with E-state index in [0.717, 1.165) is 45.7 Å². The molecule has 0 fully saturated rings. The number of nitrogens with zero attached hydrogens (tertiary/aromatic N) is 3. The lowest BCUT2D eigenvalue weighted by Crippen LogP contribution is -2.15. The molecule has 4 heteroatoms. The fourth-order valence-corrected chi connectivity index (χ4v) is 3.29. The second-order valence-electron chi connectivity index (χ2n) is 5.68. The summed E-state index contributed by atoms with van der Waals surface area (Å²) in [5, 5.41) is 2.82. The predicted molar refractivity (Wildman–Crippen MR) is 90.3 cm³/mol. The molecule has 1 aromatic carbocycles. The Morgan fingerprint density at radius 2 is 1.95 bits per heavy atom. The van der Waals surface area contributed by atoms with Gasteiger partial charge in [-0.3, -0.25) is 9.78 Å². The molecule has 4 rings (SSSR count). The van der Waals surface area contributed by atoms with Crippen molar-refractivity contribution in [3.63, 3.8) is 0 Å². The molecule has 0 aliphatic heterocycles. The van der Waals surface area contributed by atoms with Crippen molar-refractivity contribution in [3.8, 4) is 0 Å². The van der Waals surface area contributed by atoms with Gasteiger partial charge in [0.15, 0.2) is 0 Å². The second-order valence-corrected chi connectivity index (χ2v) is 5.68. The van der Waals surface area contributed by atoms with E-state index in [0.29, 0.717) is 0 Å². The first-order chi connectivity index (χ1) is 10.7. The molecule has 0 atom stereocenters. The normalized spacial score (nSPS) is 11.7. The van der Waals surface area contributed by atoms with Crippen molar-refractivity contribution < 1.29 is 0 Å². The molecule has 4 aromatic rings. The minimum atomic E-state index is 0.0340. The van der Waals surface area contributed by atoms with Crippen molar-refractivity contribution >= 4 is 32.7 Å². The molecule has 0 bridgehead atoms. The maximum atomic E-state index is 12.4. The maximum Gasteiger partial charge on any atom is 0.258 e. The van der Waals surface area contributed by atoms with E-state index in [-0.39, 0.29) is 5.56 Å². The summed E-state index contributed by atoms with van der Waals surface area (Å²) in [6, 6.07) is 10.1. The number of rotatable bonds is 2. The van der Waals surface area contributed by atoms with Gasteiger partial charge in [-0.05, 0) is 36.8 Å². The Morgan fingerprint density at radius 3 is 2.77 bits per heavy atom. The summed E-state index contributed by atoms with van der Waals surface area (Å²) in [6.07, 6.45) is 4.70. The Bertz CT molecular complexity index is 1070. The van der Waals surface area contributed by atoms with Crippen LogP contribution < -0.4 is 5.56 Å². The number of hydrogen-bond acceptors (Lipinski definition) is 2. The van der Waals surface area contributed by atoms with Crippen LogP contribution in [0.4, 0.5) is 0 Å². The van der Waals surface area contributed by atoms with Gasteiger partial charge in [0.05, 0.1) is 16.6 Å². The van der Waals surface area contributed by atoms with Crippen LogP contribution in [-0.2, 0) is 13.6 Å². The van der Waals surface area contributed by atoms with Crippen LogP contribution in [0.25, 0.3) is 32.7 Å². The SMILES string of the molecule is CCCn1c2cccnc2c2c3ccn(C)c(=O)c3ccc21. The summed E-state index contributed by atoms with van der Waals surface area (Å²) in [4.78, 5) is 17.0. The molecule has 0 saturated carbocycles. The van der Waals surface area contributed by atoms with Crippen molar-refractivity contribution in [1.29, 1.82) is 0 Å². The molecular weight excluding hydrogens is 274 g/mol. The highest BCUT2D eigenvalue weighted by molar-refractivity contribution is 6.19. The van der Waals surface area contributed by atoms with Crippen LogP contribution in [0.15, 0.2) is 47.5 Å². The number of aromatic nitrogens is 3. The van der Waals surface area contributed by atoms with E-state index in [2.05, 4.69) is 28.6 Å². The zero-order valence-corrected chi connectivity index (χ0v) is 12.7. The van der Waals surface area contributed by atoms with Crippen LogP contribution in [0.2, 0.25) is 0 Å². The topological polar surface area (TPSA) is 39.8 Å². The Hall–Kier alpha value is -2.62. The van der Waals surface area contributed by atoms with Crippen molar-refractivity contribution in [2.45, 2.75) is 19.9 Å². The third kappa shape index (κ3) is 1.64. The summed E-state index contributed by atoms with van der Waals surface area (Å²) >= 11 is 0. The summed E-state index contributed by atoms with van der Waals surface area (Å²) in [5.74, 6) is 0. The van der Waals surface area contributed by atoms with Gasteiger partial charge in [-0.2, -0.15) is 0 Å². The first kappa shape index (κ1) is 13.1. The zero-order chi connectivity index (χ0) is 15.3. The van der Waals surface area contributed by atoms with E-state index in [1.54, 1.807) is 11.6 Å². The Kier molecular flexibility index (Phi) is 2.79. The summed E-state index contributed by atoms with van der Waals surface area (Å²) in [7, 11) is 1.78. The lowest BCUT2D eigenvalue weighted by molar-refractivity contribution is 0.723. The van der Waals surface area contributed by atoms with Crippen LogP contribution >= 0.6 is 0 Å². The molecule has 0 aliphatic rings. The lowest BCUT2D eigenvalue weighted by Gasteiger charge is -2.06. The third-order valence-electron chi connectivity index (χ3n) is 4.29. The standard InChI is InChI=1S/C18H17N3O/c1-3-10-21-14-7-6-13-12(8-11-20(2)18(13)22)16(14)17-15(21)5-4-9-19-17/h4-9,11H,3,10H2,1-2H3. The Labute approximate surface area is 127 Å². The fraction of sp³-hybridized carbons (Fsp3) is 0.222. The molecule has 0 saturated heterocycles. The van der Waals surface area contributed by atoms with Crippen molar-refractivity contribution in [2.24, 2.45) is 7.05 Å². The van der Waals surface area contributed by atoms with Crippen molar-refractivity contribution in [2.75, 3.05) is 0 Å². The zero-order valence-electron chi connectivity index (χ0n) is 12.7. The molecule has 0 unspecified atom stereocenters. The van der Waals surface area contributed by atoms with Crippen molar-refractivity contribution in [1.82, 2.24) is 14.1 Å². The van der Waals surface area contributed by atoms with E-state index < -0.39 is 0 Å². The van der Waals surface area contributed by atoms with Crippen LogP contribution in [0.1, 0.15) is 13.3 Å². The van der Waals surface area contributed by atoms with Gasteiger partial charge < -0.3 is 9.13 Å². The first-order valence-electron chi connectivity index (χ1n) is 7.57. The monoisotopic (exact) mass is 291 g/mol. The number of pyridine rings is 2. The summed E-state index contributed by atoms with van der Waals surface area (Å²) in [6.45, 7) is 3.12. The van der Waals surface area contributed by atoms with Crippen LogP contribution in [-0.4, -0.2) is 14.1 Å². The molecule has 110 valence electrons. The fourth-order valence-electron chi connectivity index (χ4n) is 3.29. The van der Waals surface area contributed by atoms with E-state index in [4.69, 9.17) is 0 Å². The third-order valence-corrected chi connectivity index (χ3v) is 4.29. The molecule has 4 nitrogen and oxygen atoms in total. The molecule has 0 spiro atoms. The average molecular weight is 291 g/mol. The summed E-state index contributed by atoms with van der Waals surface area (Å²) in [5.41, 5.74) is 3.29. The molecule has 0 amide bonds. The Balaban J connectivity index is 2.30. The van der Waals surface area contributed by atoms with Crippen LogP contribution in [0, 0.1) is 0 Å². The van der Waals surface area contributed by atoms with Gasteiger partial charge in [0.1, 0.15) is 0 Å². The highest BCUT2D eigenvalue weighted by Gasteiger charge is 2.14. The maximum absolute atomic E-state index is 12.4. The van der Waals surface area contributed by atoms with Gasteiger partial charge >= 0.3 is 0 Å². The molecule has 0 N–H and O–H groups in total.